The molecule has 1 atom stereocenters. The fourth-order valence-corrected chi connectivity index (χ4v) is 2.54. The van der Waals surface area contributed by atoms with Crippen LogP contribution in [-0.2, 0) is 12.6 Å². The van der Waals surface area contributed by atoms with Gasteiger partial charge in [-0.05, 0) is 41.5 Å². The summed E-state index contributed by atoms with van der Waals surface area (Å²) in [4.78, 5) is 7.86. The molecule has 0 radical (unpaired) electrons. The van der Waals surface area contributed by atoms with Crippen LogP contribution in [0.5, 0.6) is 5.75 Å². The number of aromatic nitrogens is 2. The monoisotopic (exact) mass is 338 g/mol. The molecule has 0 saturated carbocycles. The molecule has 3 nitrogen and oxygen atoms in total. The third-order valence-corrected chi connectivity index (χ3v) is 4.07. The van der Waals surface area contributed by atoms with E-state index < -0.39 is 11.9 Å². The summed E-state index contributed by atoms with van der Waals surface area (Å²) in [6.45, 7) is 7.30. The van der Waals surface area contributed by atoms with Gasteiger partial charge in [-0.15, -0.1) is 0 Å². The van der Waals surface area contributed by atoms with E-state index in [9.17, 15) is 18.3 Å². The molecule has 2 rings (SSSR count). The van der Waals surface area contributed by atoms with E-state index in [0.717, 1.165) is 5.56 Å². The molecule has 0 unspecified atom stereocenters. The van der Waals surface area contributed by atoms with Crippen LogP contribution in [0.1, 0.15) is 60.7 Å². The van der Waals surface area contributed by atoms with Crippen LogP contribution in [0.2, 0.25) is 0 Å². The molecule has 2 heterocycles. The van der Waals surface area contributed by atoms with Gasteiger partial charge in [-0.2, -0.15) is 13.2 Å². The number of pyridine rings is 2. The van der Waals surface area contributed by atoms with Gasteiger partial charge in [-0.3, -0.25) is 9.97 Å². The Kier molecular flexibility index (Phi) is 5.16. The molecule has 0 aromatic carbocycles. The Labute approximate surface area is 139 Å². The van der Waals surface area contributed by atoms with Gasteiger partial charge in [0.1, 0.15) is 11.4 Å². The average Bonchev–Trinajstić information content (AvgIpc) is 2.47. The standard InChI is InChI=1S/C18H21F3N2O/c1-10(2)13-7-16(24)15(22-8-13)6-11(3)14-5-12(4)17(23-9-14)18(19,20)21/h5,7-11,24H,6H2,1-4H3/t11-/m0/s1. The number of aromatic hydroxyl groups is 1. The van der Waals surface area contributed by atoms with Gasteiger partial charge in [0.2, 0.25) is 0 Å². The zero-order chi connectivity index (χ0) is 18.1. The van der Waals surface area contributed by atoms with Crippen molar-refractivity contribution in [2.24, 2.45) is 0 Å². The van der Waals surface area contributed by atoms with Gasteiger partial charge in [0, 0.05) is 18.8 Å². The smallest absolute Gasteiger partial charge is 0.433 e. The van der Waals surface area contributed by atoms with E-state index in [4.69, 9.17) is 0 Å². The van der Waals surface area contributed by atoms with E-state index in [2.05, 4.69) is 9.97 Å². The fourth-order valence-electron chi connectivity index (χ4n) is 2.54. The molecule has 0 aliphatic heterocycles. The van der Waals surface area contributed by atoms with Crippen molar-refractivity contribution in [2.45, 2.75) is 52.1 Å². The average molecular weight is 338 g/mol. The Morgan fingerprint density at radius 1 is 1.04 bits per heavy atom. The predicted octanol–water partition coefficient (Wildman–Crippen LogP) is 4.98. The second kappa shape index (κ2) is 6.79. The molecule has 2 aromatic rings. The molecule has 0 spiro atoms. The van der Waals surface area contributed by atoms with Crippen molar-refractivity contribution in [3.8, 4) is 5.75 Å². The molecule has 0 saturated heterocycles. The fraction of sp³-hybridized carbons (Fsp3) is 0.444. The van der Waals surface area contributed by atoms with Gasteiger partial charge in [-0.25, -0.2) is 0 Å². The van der Waals surface area contributed by atoms with Crippen LogP contribution in [0.25, 0.3) is 0 Å². The summed E-state index contributed by atoms with van der Waals surface area (Å²) in [6, 6.07) is 3.19. The third kappa shape index (κ3) is 4.04. The molecule has 0 fully saturated rings. The highest BCUT2D eigenvalue weighted by atomic mass is 19.4. The van der Waals surface area contributed by atoms with Crippen molar-refractivity contribution in [1.29, 1.82) is 0 Å². The molecular weight excluding hydrogens is 317 g/mol. The van der Waals surface area contributed by atoms with Crippen LogP contribution in [0, 0.1) is 6.92 Å². The second-order valence-electron chi connectivity index (χ2n) is 6.43. The Bertz CT molecular complexity index is 727. The molecule has 0 aliphatic carbocycles. The number of rotatable bonds is 4. The van der Waals surface area contributed by atoms with E-state index in [1.807, 2.05) is 20.8 Å². The van der Waals surface area contributed by atoms with Crippen LogP contribution < -0.4 is 0 Å². The summed E-state index contributed by atoms with van der Waals surface area (Å²) in [5, 5.41) is 10.1. The number of hydrogen-bond acceptors (Lipinski definition) is 3. The number of aryl methyl sites for hydroxylation is 1. The summed E-state index contributed by atoms with van der Waals surface area (Å²) in [5.74, 6) is 0.267. The van der Waals surface area contributed by atoms with E-state index in [1.54, 1.807) is 12.3 Å². The molecular formula is C18H21F3N2O. The Morgan fingerprint density at radius 2 is 1.67 bits per heavy atom. The number of alkyl halides is 3. The largest absolute Gasteiger partial charge is 0.506 e. The van der Waals surface area contributed by atoms with Gasteiger partial charge in [-0.1, -0.05) is 26.8 Å². The SMILES string of the molecule is Cc1cc([C@@H](C)Cc2ncc(C(C)C)cc2O)cnc1C(F)(F)F. The lowest BCUT2D eigenvalue weighted by Crippen LogP contribution is -2.12. The van der Waals surface area contributed by atoms with Crippen molar-refractivity contribution in [1.82, 2.24) is 9.97 Å². The zero-order valence-electron chi connectivity index (χ0n) is 14.1. The maximum atomic E-state index is 12.8. The lowest BCUT2D eigenvalue weighted by atomic mass is 9.94. The van der Waals surface area contributed by atoms with E-state index in [-0.39, 0.29) is 23.1 Å². The van der Waals surface area contributed by atoms with Crippen molar-refractivity contribution >= 4 is 0 Å². The minimum Gasteiger partial charge on any atom is -0.506 e. The van der Waals surface area contributed by atoms with Crippen molar-refractivity contribution in [3.63, 3.8) is 0 Å². The maximum Gasteiger partial charge on any atom is 0.433 e. The van der Waals surface area contributed by atoms with Gasteiger partial charge in [0.15, 0.2) is 0 Å². The van der Waals surface area contributed by atoms with E-state index >= 15 is 0 Å². The first kappa shape index (κ1) is 18.2. The minimum absolute atomic E-state index is 0.0965. The summed E-state index contributed by atoms with van der Waals surface area (Å²) < 4.78 is 38.3. The Hall–Kier alpha value is -2.11. The Balaban J connectivity index is 2.21. The summed E-state index contributed by atoms with van der Waals surface area (Å²) in [5.41, 5.74) is 1.40. The van der Waals surface area contributed by atoms with Crippen LogP contribution in [-0.4, -0.2) is 15.1 Å². The molecule has 130 valence electrons. The first-order valence-electron chi connectivity index (χ1n) is 7.81. The molecule has 24 heavy (non-hydrogen) atoms. The highest BCUT2D eigenvalue weighted by Gasteiger charge is 2.34. The van der Waals surface area contributed by atoms with E-state index in [0.29, 0.717) is 17.7 Å². The number of nitrogens with zero attached hydrogens (tertiary/aromatic N) is 2. The first-order chi connectivity index (χ1) is 11.1. The van der Waals surface area contributed by atoms with Crippen molar-refractivity contribution in [3.05, 3.63) is 52.6 Å². The van der Waals surface area contributed by atoms with Gasteiger partial charge in [0.05, 0.1) is 5.69 Å². The molecule has 2 aromatic heterocycles. The Morgan fingerprint density at radius 3 is 2.17 bits per heavy atom. The lowest BCUT2D eigenvalue weighted by molar-refractivity contribution is -0.141. The highest BCUT2D eigenvalue weighted by molar-refractivity contribution is 5.34. The topological polar surface area (TPSA) is 46.0 Å². The molecule has 0 bridgehead atoms. The molecule has 0 amide bonds. The van der Waals surface area contributed by atoms with Gasteiger partial charge < -0.3 is 5.11 Å². The van der Waals surface area contributed by atoms with Crippen molar-refractivity contribution in [2.75, 3.05) is 0 Å². The van der Waals surface area contributed by atoms with E-state index in [1.165, 1.54) is 19.2 Å². The van der Waals surface area contributed by atoms with Crippen LogP contribution in [0.3, 0.4) is 0 Å². The van der Waals surface area contributed by atoms with Crippen LogP contribution in [0.15, 0.2) is 24.5 Å². The quantitative estimate of drug-likeness (QED) is 0.855. The number of halogens is 3. The second-order valence-corrected chi connectivity index (χ2v) is 6.43. The maximum absolute atomic E-state index is 12.8. The highest BCUT2D eigenvalue weighted by Crippen LogP contribution is 2.32. The molecule has 0 aliphatic rings. The molecule has 1 N–H and O–H groups in total. The lowest BCUT2D eigenvalue weighted by Gasteiger charge is -2.16. The predicted molar refractivity (Wildman–Crippen MR) is 86.1 cm³/mol. The van der Waals surface area contributed by atoms with Crippen LogP contribution >= 0.6 is 0 Å². The summed E-state index contributed by atoms with van der Waals surface area (Å²) >= 11 is 0. The third-order valence-electron chi connectivity index (χ3n) is 4.07. The first-order valence-corrected chi connectivity index (χ1v) is 7.81. The summed E-state index contributed by atoms with van der Waals surface area (Å²) in [7, 11) is 0. The van der Waals surface area contributed by atoms with Crippen LogP contribution in [0.4, 0.5) is 13.2 Å². The van der Waals surface area contributed by atoms with Gasteiger partial charge >= 0.3 is 6.18 Å². The zero-order valence-corrected chi connectivity index (χ0v) is 14.1. The van der Waals surface area contributed by atoms with Crippen molar-refractivity contribution < 1.29 is 18.3 Å². The molecule has 6 heteroatoms. The minimum atomic E-state index is -4.45. The van der Waals surface area contributed by atoms with Gasteiger partial charge in [0.25, 0.3) is 0 Å². The number of hydrogen-bond donors (Lipinski definition) is 1. The summed E-state index contributed by atoms with van der Waals surface area (Å²) in [6.07, 6.45) is -1.04. The normalized spacial score (nSPS) is 13.3.